The molecule has 3 heteroatoms. The Balaban J connectivity index is 1.67. The fraction of sp³-hybridized carbons (Fsp3) is 0.100. The zero-order chi connectivity index (χ0) is 30.3. The molecule has 5 rings (SSSR count). The van der Waals surface area contributed by atoms with Crippen LogP contribution in [0.1, 0.15) is 45.9 Å². The van der Waals surface area contributed by atoms with Crippen molar-refractivity contribution in [3.05, 3.63) is 166 Å². The van der Waals surface area contributed by atoms with Crippen LogP contribution in [0.25, 0.3) is 27.8 Å². The molecular weight excluding hydrogens is 524 g/mol. The summed E-state index contributed by atoms with van der Waals surface area (Å²) in [6, 6.07) is 46.2. The molecule has 0 spiro atoms. The summed E-state index contributed by atoms with van der Waals surface area (Å²) in [5, 5.41) is 18.5. The monoisotopic (exact) mass is 556 g/mol. The van der Waals surface area contributed by atoms with Crippen LogP contribution in [0.5, 0.6) is 5.75 Å². The van der Waals surface area contributed by atoms with Crippen molar-refractivity contribution in [2.75, 3.05) is 7.11 Å². The van der Waals surface area contributed by atoms with Crippen LogP contribution in [0.3, 0.4) is 0 Å². The van der Waals surface area contributed by atoms with E-state index < -0.39 is 0 Å². The van der Waals surface area contributed by atoms with Gasteiger partial charge in [0.1, 0.15) is 23.5 Å². The lowest BCUT2D eigenvalue weighted by Crippen LogP contribution is -1.99. The fourth-order valence-corrected chi connectivity index (χ4v) is 5.30. The Bertz CT molecular complexity index is 1880. The second kappa shape index (κ2) is 12.9. The minimum Gasteiger partial charge on any atom is -0.497 e. The molecule has 0 heterocycles. The predicted molar refractivity (Wildman–Crippen MR) is 176 cm³/mol. The summed E-state index contributed by atoms with van der Waals surface area (Å²) in [5.41, 5.74) is 13.1. The van der Waals surface area contributed by atoms with Crippen molar-refractivity contribution in [2.45, 2.75) is 20.8 Å². The highest BCUT2D eigenvalue weighted by Gasteiger charge is 2.18. The van der Waals surface area contributed by atoms with E-state index in [1.165, 1.54) is 16.7 Å². The summed E-state index contributed by atoms with van der Waals surface area (Å²) in [6.07, 6.45) is 0. The van der Waals surface area contributed by atoms with Crippen LogP contribution in [-0.4, -0.2) is 7.11 Å². The number of methoxy groups -OCH3 is 1. The highest BCUT2D eigenvalue weighted by molar-refractivity contribution is 6.05. The highest BCUT2D eigenvalue weighted by Crippen LogP contribution is 2.39. The SMILES string of the molecule is COc1ccc(/C(=C(/c2ccc(-c3ccc(C(C)=C(C#N)C#N)cc3)cc2)c2ccccc2C)c2ccc(C)cc2)cc1. The van der Waals surface area contributed by atoms with E-state index in [-0.39, 0.29) is 5.57 Å². The molecule has 0 saturated carbocycles. The van der Waals surface area contributed by atoms with Gasteiger partial charge in [0.2, 0.25) is 0 Å². The molecule has 5 aromatic carbocycles. The number of ether oxygens (including phenoxy) is 1. The average molecular weight is 557 g/mol. The molecule has 0 N–H and O–H groups in total. The number of hydrogen-bond acceptors (Lipinski definition) is 3. The van der Waals surface area contributed by atoms with Crippen molar-refractivity contribution in [3.63, 3.8) is 0 Å². The lowest BCUT2D eigenvalue weighted by Gasteiger charge is -2.20. The van der Waals surface area contributed by atoms with Gasteiger partial charge in [-0.1, -0.05) is 115 Å². The Hall–Kier alpha value is -5.64. The van der Waals surface area contributed by atoms with Gasteiger partial charge < -0.3 is 4.74 Å². The van der Waals surface area contributed by atoms with Crippen LogP contribution in [0.2, 0.25) is 0 Å². The van der Waals surface area contributed by atoms with Crippen molar-refractivity contribution >= 4 is 16.7 Å². The van der Waals surface area contributed by atoms with Crippen molar-refractivity contribution < 1.29 is 4.74 Å². The summed E-state index contributed by atoms with van der Waals surface area (Å²) >= 11 is 0. The first-order valence-corrected chi connectivity index (χ1v) is 14.2. The number of benzene rings is 5. The number of nitrogens with zero attached hydrogens (tertiary/aromatic N) is 2. The third kappa shape index (κ3) is 6.18. The standard InChI is InChI=1S/C40H32N2O/c1-27-9-11-33(12-10-27)39(34-21-23-37(43-4)24-22-34)40(38-8-6-5-7-28(38)2)35-19-17-32(18-20-35)31-15-13-30(14-16-31)29(3)36(25-41)26-42/h5-24H,1-4H3/b40-39-. The predicted octanol–water partition coefficient (Wildman–Crippen LogP) is 9.81. The maximum absolute atomic E-state index is 9.24. The van der Waals surface area contributed by atoms with Gasteiger partial charge in [0.25, 0.3) is 0 Å². The highest BCUT2D eigenvalue weighted by atomic mass is 16.5. The largest absolute Gasteiger partial charge is 0.497 e. The Morgan fingerprint density at radius 2 is 1.02 bits per heavy atom. The van der Waals surface area contributed by atoms with Crippen LogP contribution in [-0.2, 0) is 0 Å². The molecule has 208 valence electrons. The second-order valence-electron chi connectivity index (χ2n) is 10.5. The van der Waals surface area contributed by atoms with Gasteiger partial charge >= 0.3 is 0 Å². The third-order valence-corrected chi connectivity index (χ3v) is 7.81. The van der Waals surface area contributed by atoms with E-state index in [2.05, 4.69) is 98.8 Å². The molecule has 0 bridgehead atoms. The summed E-state index contributed by atoms with van der Waals surface area (Å²) < 4.78 is 5.47. The van der Waals surface area contributed by atoms with E-state index >= 15 is 0 Å². The van der Waals surface area contributed by atoms with E-state index in [0.717, 1.165) is 50.3 Å². The van der Waals surface area contributed by atoms with Crippen LogP contribution >= 0.6 is 0 Å². The Labute approximate surface area is 254 Å². The fourth-order valence-electron chi connectivity index (χ4n) is 5.30. The first-order chi connectivity index (χ1) is 20.9. The first kappa shape index (κ1) is 28.9. The molecule has 0 saturated heterocycles. The number of allylic oxidation sites excluding steroid dienone is 2. The second-order valence-corrected chi connectivity index (χ2v) is 10.5. The maximum Gasteiger partial charge on any atom is 0.133 e. The van der Waals surface area contributed by atoms with Gasteiger partial charge in [-0.2, -0.15) is 10.5 Å². The van der Waals surface area contributed by atoms with Gasteiger partial charge in [0.15, 0.2) is 0 Å². The van der Waals surface area contributed by atoms with E-state index in [1.54, 1.807) is 14.0 Å². The van der Waals surface area contributed by atoms with E-state index in [1.807, 2.05) is 48.5 Å². The number of aryl methyl sites for hydroxylation is 2. The van der Waals surface area contributed by atoms with Gasteiger partial charge in [0, 0.05) is 0 Å². The van der Waals surface area contributed by atoms with E-state index in [4.69, 9.17) is 4.74 Å². The lowest BCUT2D eigenvalue weighted by atomic mass is 9.84. The summed E-state index contributed by atoms with van der Waals surface area (Å²) in [4.78, 5) is 0. The Morgan fingerprint density at radius 1 is 0.558 bits per heavy atom. The smallest absolute Gasteiger partial charge is 0.133 e. The van der Waals surface area contributed by atoms with E-state index in [9.17, 15) is 10.5 Å². The van der Waals surface area contributed by atoms with Crippen molar-refractivity contribution in [3.8, 4) is 29.0 Å². The van der Waals surface area contributed by atoms with Crippen molar-refractivity contribution in [2.24, 2.45) is 0 Å². The minimum absolute atomic E-state index is 0.133. The maximum atomic E-state index is 9.24. The lowest BCUT2D eigenvalue weighted by molar-refractivity contribution is 0.415. The molecule has 0 amide bonds. The molecule has 0 aliphatic rings. The van der Waals surface area contributed by atoms with Crippen LogP contribution in [0, 0.1) is 36.5 Å². The molecular formula is C40H32N2O. The average Bonchev–Trinajstić information content (AvgIpc) is 3.05. The van der Waals surface area contributed by atoms with Crippen molar-refractivity contribution in [1.29, 1.82) is 10.5 Å². The number of nitriles is 2. The molecule has 0 unspecified atom stereocenters. The molecule has 5 aromatic rings. The molecule has 0 radical (unpaired) electrons. The molecule has 43 heavy (non-hydrogen) atoms. The molecule has 0 aliphatic carbocycles. The van der Waals surface area contributed by atoms with Gasteiger partial charge in [-0.15, -0.1) is 0 Å². The zero-order valence-electron chi connectivity index (χ0n) is 24.8. The zero-order valence-corrected chi connectivity index (χ0v) is 24.8. The van der Waals surface area contributed by atoms with Gasteiger partial charge in [-0.05, 0) is 94.1 Å². The quantitative estimate of drug-likeness (QED) is 0.148. The molecule has 0 aliphatic heterocycles. The minimum atomic E-state index is 0.133. The van der Waals surface area contributed by atoms with Crippen molar-refractivity contribution in [1.82, 2.24) is 0 Å². The van der Waals surface area contributed by atoms with Gasteiger partial charge in [-0.3, -0.25) is 0 Å². The first-order valence-electron chi connectivity index (χ1n) is 14.2. The molecule has 0 atom stereocenters. The van der Waals surface area contributed by atoms with Crippen LogP contribution in [0.15, 0.2) is 127 Å². The molecule has 0 fully saturated rings. The van der Waals surface area contributed by atoms with E-state index in [0.29, 0.717) is 5.57 Å². The Kier molecular flexibility index (Phi) is 8.66. The third-order valence-electron chi connectivity index (χ3n) is 7.81. The van der Waals surface area contributed by atoms with Crippen LogP contribution in [0.4, 0.5) is 0 Å². The summed E-state index contributed by atoms with van der Waals surface area (Å²) in [5.74, 6) is 0.821. The number of rotatable bonds is 7. The van der Waals surface area contributed by atoms with Gasteiger partial charge in [-0.25, -0.2) is 0 Å². The molecule has 3 nitrogen and oxygen atoms in total. The summed E-state index contributed by atoms with van der Waals surface area (Å²) in [7, 11) is 1.69. The van der Waals surface area contributed by atoms with Gasteiger partial charge in [0.05, 0.1) is 7.11 Å². The Morgan fingerprint density at radius 3 is 1.53 bits per heavy atom. The number of hydrogen-bond donors (Lipinski definition) is 0. The molecule has 0 aromatic heterocycles. The topological polar surface area (TPSA) is 56.8 Å². The summed E-state index contributed by atoms with van der Waals surface area (Å²) in [6.45, 7) is 6.07. The normalized spacial score (nSPS) is 11.1. The van der Waals surface area contributed by atoms with Crippen LogP contribution < -0.4 is 4.74 Å².